The molecule has 7 nitrogen and oxygen atoms in total. The van der Waals surface area contributed by atoms with E-state index < -0.39 is 42.6 Å². The number of carbonyl (C=O) groups is 1. The Hall–Kier alpha value is -0.730. The van der Waals surface area contributed by atoms with Gasteiger partial charge in [0, 0.05) is 6.42 Å². The van der Waals surface area contributed by atoms with Crippen LogP contribution < -0.4 is 0 Å². The molecule has 112 valence electrons. The molecule has 0 aliphatic carbocycles. The van der Waals surface area contributed by atoms with Crippen molar-refractivity contribution in [3.05, 3.63) is 0 Å². The standard InChI is InChI=1S/C12H22O7/c1-12(2,3)11(16)18-6-17-7-4-9(14)19-8(5-13)10(7)15/h7-10,13-15H,4-6H2,1-3H3. The minimum Gasteiger partial charge on any atom is -0.438 e. The molecular formula is C12H22O7. The Morgan fingerprint density at radius 3 is 2.53 bits per heavy atom. The van der Waals surface area contributed by atoms with Crippen LogP contribution in [-0.2, 0) is 19.0 Å². The molecule has 1 heterocycles. The van der Waals surface area contributed by atoms with Gasteiger partial charge in [0.2, 0.25) is 0 Å². The molecule has 0 aromatic heterocycles. The topological polar surface area (TPSA) is 105 Å². The van der Waals surface area contributed by atoms with Gasteiger partial charge in [-0.25, -0.2) is 0 Å². The van der Waals surface area contributed by atoms with Crippen molar-refractivity contribution in [2.24, 2.45) is 5.41 Å². The number of esters is 1. The SMILES string of the molecule is CC(C)(C)C(=O)OCOC1CC(O)OC(CO)C1O. The zero-order valence-corrected chi connectivity index (χ0v) is 11.4. The van der Waals surface area contributed by atoms with Gasteiger partial charge in [-0.05, 0) is 20.8 Å². The highest BCUT2D eigenvalue weighted by Crippen LogP contribution is 2.22. The minimum atomic E-state index is -1.12. The molecule has 4 atom stereocenters. The maximum absolute atomic E-state index is 11.5. The number of rotatable bonds is 4. The van der Waals surface area contributed by atoms with E-state index >= 15 is 0 Å². The molecule has 4 unspecified atom stereocenters. The largest absolute Gasteiger partial charge is 0.438 e. The number of carbonyl (C=O) groups excluding carboxylic acids is 1. The first-order valence-electron chi connectivity index (χ1n) is 6.17. The quantitative estimate of drug-likeness (QED) is 0.465. The van der Waals surface area contributed by atoms with Crippen LogP contribution >= 0.6 is 0 Å². The van der Waals surface area contributed by atoms with Crippen molar-refractivity contribution in [1.82, 2.24) is 0 Å². The van der Waals surface area contributed by atoms with Crippen LogP contribution in [-0.4, -0.2) is 59.3 Å². The first-order chi connectivity index (χ1) is 8.75. The van der Waals surface area contributed by atoms with E-state index in [1.807, 2.05) is 0 Å². The summed E-state index contributed by atoms with van der Waals surface area (Å²) in [5.41, 5.74) is -0.634. The molecule has 0 aromatic carbocycles. The van der Waals surface area contributed by atoms with Gasteiger partial charge in [0.25, 0.3) is 0 Å². The van der Waals surface area contributed by atoms with Gasteiger partial charge in [0.1, 0.15) is 12.2 Å². The summed E-state index contributed by atoms with van der Waals surface area (Å²) in [5, 5.41) is 28.2. The second kappa shape index (κ2) is 6.62. The summed E-state index contributed by atoms with van der Waals surface area (Å²) in [4.78, 5) is 11.5. The number of hydrogen-bond acceptors (Lipinski definition) is 7. The number of aliphatic hydroxyl groups excluding tert-OH is 3. The average Bonchev–Trinajstić information content (AvgIpc) is 2.31. The maximum atomic E-state index is 11.5. The van der Waals surface area contributed by atoms with E-state index in [0.717, 1.165) is 0 Å². The molecule has 7 heteroatoms. The summed E-state index contributed by atoms with van der Waals surface area (Å²) in [6, 6.07) is 0. The van der Waals surface area contributed by atoms with E-state index in [1.54, 1.807) is 20.8 Å². The Kier molecular flexibility index (Phi) is 5.69. The molecule has 0 bridgehead atoms. The van der Waals surface area contributed by atoms with Crippen molar-refractivity contribution in [3.8, 4) is 0 Å². The average molecular weight is 278 g/mol. The Morgan fingerprint density at radius 1 is 1.37 bits per heavy atom. The molecule has 1 fully saturated rings. The lowest BCUT2D eigenvalue weighted by Crippen LogP contribution is -2.51. The van der Waals surface area contributed by atoms with Crippen molar-refractivity contribution in [3.63, 3.8) is 0 Å². The highest BCUT2D eigenvalue weighted by molar-refractivity contribution is 5.75. The van der Waals surface area contributed by atoms with Gasteiger partial charge in [0.15, 0.2) is 13.1 Å². The van der Waals surface area contributed by atoms with Crippen molar-refractivity contribution in [1.29, 1.82) is 0 Å². The summed E-state index contributed by atoms with van der Waals surface area (Å²) in [6.07, 6.45) is -3.82. The first kappa shape index (κ1) is 16.3. The maximum Gasteiger partial charge on any atom is 0.313 e. The summed E-state index contributed by atoms with van der Waals surface area (Å²) < 4.78 is 15.1. The van der Waals surface area contributed by atoms with Gasteiger partial charge in [-0.3, -0.25) is 4.79 Å². The van der Waals surface area contributed by atoms with Crippen LogP contribution in [0.3, 0.4) is 0 Å². The molecule has 0 amide bonds. The van der Waals surface area contributed by atoms with E-state index in [0.29, 0.717) is 0 Å². The molecular weight excluding hydrogens is 256 g/mol. The summed E-state index contributed by atoms with van der Waals surface area (Å²) in [7, 11) is 0. The van der Waals surface area contributed by atoms with Gasteiger partial charge in [-0.1, -0.05) is 0 Å². The van der Waals surface area contributed by atoms with Gasteiger partial charge in [-0.15, -0.1) is 0 Å². The number of ether oxygens (including phenoxy) is 3. The predicted octanol–water partition coefficient (Wildman–Crippen LogP) is -0.621. The van der Waals surface area contributed by atoms with Crippen molar-refractivity contribution in [2.45, 2.75) is 51.8 Å². The van der Waals surface area contributed by atoms with Crippen molar-refractivity contribution < 1.29 is 34.3 Å². The van der Waals surface area contributed by atoms with E-state index in [2.05, 4.69) is 0 Å². The lowest BCUT2D eigenvalue weighted by atomic mass is 9.98. The van der Waals surface area contributed by atoms with Crippen LogP contribution in [0.4, 0.5) is 0 Å². The smallest absolute Gasteiger partial charge is 0.313 e. The fourth-order valence-electron chi connectivity index (χ4n) is 1.62. The zero-order chi connectivity index (χ0) is 14.6. The third-order valence-electron chi connectivity index (χ3n) is 2.79. The number of hydrogen-bond donors (Lipinski definition) is 3. The molecule has 1 rings (SSSR count). The molecule has 1 saturated heterocycles. The lowest BCUT2D eigenvalue weighted by molar-refractivity contribution is -0.258. The molecule has 1 aliphatic rings. The second-order valence-electron chi connectivity index (χ2n) is 5.54. The Bertz CT molecular complexity index is 299. The highest BCUT2D eigenvalue weighted by Gasteiger charge is 2.37. The highest BCUT2D eigenvalue weighted by atomic mass is 16.7. The fourth-order valence-corrected chi connectivity index (χ4v) is 1.62. The van der Waals surface area contributed by atoms with E-state index in [4.69, 9.17) is 19.3 Å². The second-order valence-corrected chi connectivity index (χ2v) is 5.54. The summed E-state index contributed by atoms with van der Waals surface area (Å²) >= 11 is 0. The first-order valence-corrected chi connectivity index (χ1v) is 6.17. The van der Waals surface area contributed by atoms with Crippen LogP contribution in [0, 0.1) is 5.41 Å². The van der Waals surface area contributed by atoms with E-state index in [9.17, 15) is 15.0 Å². The molecule has 3 N–H and O–H groups in total. The van der Waals surface area contributed by atoms with Crippen molar-refractivity contribution in [2.75, 3.05) is 13.4 Å². The van der Waals surface area contributed by atoms with Crippen LogP contribution in [0.2, 0.25) is 0 Å². The third kappa shape index (κ3) is 4.70. The summed E-state index contributed by atoms with van der Waals surface area (Å²) in [5.74, 6) is -0.423. The van der Waals surface area contributed by atoms with Gasteiger partial charge < -0.3 is 29.5 Å². The van der Waals surface area contributed by atoms with Gasteiger partial charge in [0.05, 0.1) is 18.1 Å². The van der Waals surface area contributed by atoms with Crippen LogP contribution in [0.25, 0.3) is 0 Å². The third-order valence-corrected chi connectivity index (χ3v) is 2.79. The van der Waals surface area contributed by atoms with E-state index in [-0.39, 0.29) is 13.2 Å². The molecule has 0 spiro atoms. The van der Waals surface area contributed by atoms with E-state index in [1.165, 1.54) is 0 Å². The molecule has 1 aliphatic heterocycles. The van der Waals surface area contributed by atoms with Crippen molar-refractivity contribution >= 4 is 5.97 Å². The predicted molar refractivity (Wildman–Crippen MR) is 63.9 cm³/mol. The zero-order valence-electron chi connectivity index (χ0n) is 11.4. The van der Waals surface area contributed by atoms with Crippen LogP contribution in [0.1, 0.15) is 27.2 Å². The summed E-state index contributed by atoms with van der Waals surface area (Å²) in [6.45, 7) is 4.39. The van der Waals surface area contributed by atoms with Crippen LogP contribution in [0.5, 0.6) is 0 Å². The Morgan fingerprint density at radius 2 is 2.00 bits per heavy atom. The lowest BCUT2D eigenvalue weighted by Gasteiger charge is -2.36. The van der Waals surface area contributed by atoms with Gasteiger partial charge >= 0.3 is 5.97 Å². The monoisotopic (exact) mass is 278 g/mol. The molecule has 0 aromatic rings. The fraction of sp³-hybridized carbons (Fsp3) is 0.917. The normalized spacial score (nSPS) is 32.1. The van der Waals surface area contributed by atoms with Crippen LogP contribution in [0.15, 0.2) is 0 Å². The molecule has 0 saturated carbocycles. The minimum absolute atomic E-state index is 0.0464. The molecule has 19 heavy (non-hydrogen) atoms. The Balaban J connectivity index is 2.41. The molecule has 0 radical (unpaired) electrons. The Labute approximate surface area is 112 Å². The van der Waals surface area contributed by atoms with Gasteiger partial charge in [-0.2, -0.15) is 0 Å². The number of aliphatic hydroxyl groups is 3.